The number of likely N-dealkylation sites (N-methyl/N-ethyl adjacent to an activating group) is 1. The first-order valence-electron chi connectivity index (χ1n) is 6.14. The lowest BCUT2D eigenvalue weighted by atomic mass is 9.88. The number of thiophene rings is 1. The minimum atomic E-state index is -0.835. The Hall–Kier alpha value is -0.910. The molecule has 3 atom stereocenters. The molecule has 2 rings (SSSR count). The second-order valence-corrected chi connectivity index (χ2v) is 5.85. The fourth-order valence-corrected chi connectivity index (χ4v) is 3.94. The summed E-state index contributed by atoms with van der Waals surface area (Å²) in [6, 6.07) is 1.38. The standard InChI is InChI=1S/C13H19NO3S/c1-7-4-5-9(17-3)8-6-10(18-12(7)8)11(14-2)13(15)16/h6-7,9,11,14H,4-5H2,1-3H3,(H,15,16). The molecule has 1 aliphatic rings. The summed E-state index contributed by atoms with van der Waals surface area (Å²) in [6.07, 6.45) is 2.23. The molecule has 100 valence electrons. The molecule has 0 saturated heterocycles. The Morgan fingerprint density at radius 1 is 1.61 bits per heavy atom. The molecule has 1 heterocycles. The summed E-state index contributed by atoms with van der Waals surface area (Å²) in [5.41, 5.74) is 1.18. The van der Waals surface area contributed by atoms with Gasteiger partial charge >= 0.3 is 5.97 Å². The summed E-state index contributed by atoms with van der Waals surface area (Å²) >= 11 is 1.60. The van der Waals surface area contributed by atoms with Gasteiger partial charge in [-0.3, -0.25) is 4.79 Å². The average Bonchev–Trinajstić information content (AvgIpc) is 2.75. The highest BCUT2D eigenvalue weighted by molar-refractivity contribution is 7.12. The summed E-state index contributed by atoms with van der Waals surface area (Å²) in [6.45, 7) is 2.19. The number of aliphatic carboxylic acids is 1. The fraction of sp³-hybridized carbons (Fsp3) is 0.615. The number of methoxy groups -OCH3 is 1. The molecule has 1 aliphatic carbocycles. The molecule has 0 aromatic carbocycles. The van der Waals surface area contributed by atoms with E-state index in [0.29, 0.717) is 5.92 Å². The van der Waals surface area contributed by atoms with Crippen molar-refractivity contribution in [1.82, 2.24) is 5.32 Å². The maximum atomic E-state index is 11.2. The lowest BCUT2D eigenvalue weighted by molar-refractivity contribution is -0.139. The molecule has 0 fully saturated rings. The number of ether oxygens (including phenoxy) is 1. The van der Waals surface area contributed by atoms with Crippen molar-refractivity contribution < 1.29 is 14.6 Å². The zero-order valence-corrected chi connectivity index (χ0v) is 11.7. The molecule has 0 amide bonds. The monoisotopic (exact) mass is 269 g/mol. The quantitative estimate of drug-likeness (QED) is 0.882. The SMILES string of the molecule is CNC(C(=O)O)c1cc2c(s1)C(C)CCC2OC. The summed E-state index contributed by atoms with van der Waals surface area (Å²) in [4.78, 5) is 13.3. The Kier molecular flexibility index (Phi) is 4.04. The van der Waals surface area contributed by atoms with Crippen LogP contribution in [-0.2, 0) is 9.53 Å². The molecular formula is C13H19NO3S. The minimum absolute atomic E-state index is 0.118. The van der Waals surface area contributed by atoms with Gasteiger partial charge in [-0.1, -0.05) is 6.92 Å². The van der Waals surface area contributed by atoms with Gasteiger partial charge < -0.3 is 15.2 Å². The molecule has 2 N–H and O–H groups in total. The maximum absolute atomic E-state index is 11.2. The van der Waals surface area contributed by atoms with Gasteiger partial charge in [-0.05, 0) is 37.4 Å². The number of rotatable bonds is 4. The van der Waals surface area contributed by atoms with Crippen molar-refractivity contribution in [2.24, 2.45) is 0 Å². The van der Waals surface area contributed by atoms with E-state index >= 15 is 0 Å². The van der Waals surface area contributed by atoms with Crippen molar-refractivity contribution in [3.63, 3.8) is 0 Å². The zero-order valence-electron chi connectivity index (χ0n) is 10.9. The number of carboxylic acid groups (broad SMARTS) is 1. The van der Waals surface area contributed by atoms with Gasteiger partial charge in [0.25, 0.3) is 0 Å². The number of carbonyl (C=O) groups is 1. The van der Waals surface area contributed by atoms with Gasteiger partial charge in [0.05, 0.1) is 6.10 Å². The molecule has 0 radical (unpaired) electrons. The second-order valence-electron chi connectivity index (χ2n) is 4.73. The highest BCUT2D eigenvalue weighted by atomic mass is 32.1. The molecule has 0 spiro atoms. The first-order chi connectivity index (χ1) is 8.58. The summed E-state index contributed by atoms with van der Waals surface area (Å²) < 4.78 is 5.49. The van der Waals surface area contributed by atoms with E-state index < -0.39 is 12.0 Å². The molecule has 0 saturated carbocycles. The van der Waals surface area contributed by atoms with Crippen molar-refractivity contribution in [2.45, 2.75) is 37.8 Å². The first-order valence-corrected chi connectivity index (χ1v) is 6.96. The Morgan fingerprint density at radius 3 is 2.89 bits per heavy atom. The number of fused-ring (bicyclic) bond motifs is 1. The van der Waals surface area contributed by atoms with Crippen LogP contribution < -0.4 is 5.32 Å². The predicted molar refractivity (Wildman–Crippen MR) is 71.2 cm³/mol. The van der Waals surface area contributed by atoms with Crippen molar-refractivity contribution in [2.75, 3.05) is 14.2 Å². The molecule has 5 heteroatoms. The van der Waals surface area contributed by atoms with E-state index in [0.717, 1.165) is 17.7 Å². The number of nitrogens with one attached hydrogen (secondary N) is 1. The smallest absolute Gasteiger partial charge is 0.326 e. The van der Waals surface area contributed by atoms with Gasteiger partial charge in [-0.15, -0.1) is 11.3 Å². The number of carboxylic acids is 1. The van der Waals surface area contributed by atoms with Crippen LogP contribution in [0.2, 0.25) is 0 Å². The highest BCUT2D eigenvalue weighted by Crippen LogP contribution is 2.44. The topological polar surface area (TPSA) is 58.6 Å². The number of hydrogen-bond donors (Lipinski definition) is 2. The van der Waals surface area contributed by atoms with E-state index in [1.807, 2.05) is 6.07 Å². The van der Waals surface area contributed by atoms with Crippen LogP contribution in [0.4, 0.5) is 0 Å². The van der Waals surface area contributed by atoms with Gasteiger partial charge in [0.2, 0.25) is 0 Å². The normalized spacial score (nSPS) is 24.6. The molecule has 1 aromatic heterocycles. The van der Waals surface area contributed by atoms with Crippen LogP contribution in [0.3, 0.4) is 0 Å². The Bertz CT molecular complexity index is 443. The molecule has 18 heavy (non-hydrogen) atoms. The predicted octanol–water partition coefficient (Wildman–Crippen LogP) is 2.68. The van der Waals surface area contributed by atoms with Crippen LogP contribution >= 0.6 is 11.3 Å². The zero-order chi connectivity index (χ0) is 13.3. The van der Waals surface area contributed by atoms with Crippen molar-refractivity contribution in [1.29, 1.82) is 0 Å². The maximum Gasteiger partial charge on any atom is 0.326 e. The third kappa shape index (κ3) is 2.30. The Labute approximate surface area is 111 Å². The lowest BCUT2D eigenvalue weighted by Crippen LogP contribution is -2.23. The van der Waals surface area contributed by atoms with Crippen LogP contribution in [0, 0.1) is 0 Å². The molecule has 0 aliphatic heterocycles. The van der Waals surface area contributed by atoms with E-state index in [2.05, 4.69) is 12.2 Å². The molecular weight excluding hydrogens is 250 g/mol. The largest absolute Gasteiger partial charge is 0.480 e. The third-order valence-electron chi connectivity index (χ3n) is 3.57. The first kappa shape index (κ1) is 13.5. The van der Waals surface area contributed by atoms with Crippen molar-refractivity contribution in [3.8, 4) is 0 Å². The van der Waals surface area contributed by atoms with Crippen LogP contribution in [0.5, 0.6) is 0 Å². The van der Waals surface area contributed by atoms with Gasteiger partial charge in [0.15, 0.2) is 0 Å². The van der Waals surface area contributed by atoms with Crippen LogP contribution in [0.15, 0.2) is 6.07 Å². The van der Waals surface area contributed by atoms with Crippen molar-refractivity contribution in [3.05, 3.63) is 21.4 Å². The van der Waals surface area contributed by atoms with E-state index in [9.17, 15) is 9.90 Å². The van der Waals surface area contributed by atoms with Crippen LogP contribution in [0.25, 0.3) is 0 Å². The summed E-state index contributed by atoms with van der Waals surface area (Å²) in [5, 5.41) is 12.0. The molecule has 3 unspecified atom stereocenters. The van der Waals surface area contributed by atoms with Crippen LogP contribution in [0.1, 0.15) is 53.1 Å². The second kappa shape index (κ2) is 5.38. The summed E-state index contributed by atoms with van der Waals surface area (Å²) in [5.74, 6) is -0.339. The Balaban J connectivity index is 2.39. The van der Waals surface area contributed by atoms with Gasteiger partial charge in [0, 0.05) is 16.9 Å². The van der Waals surface area contributed by atoms with E-state index in [-0.39, 0.29) is 6.10 Å². The highest BCUT2D eigenvalue weighted by Gasteiger charge is 2.30. The fourth-order valence-electron chi connectivity index (χ4n) is 2.54. The van der Waals surface area contributed by atoms with Gasteiger partial charge in [-0.25, -0.2) is 0 Å². The van der Waals surface area contributed by atoms with E-state index in [4.69, 9.17) is 4.74 Å². The minimum Gasteiger partial charge on any atom is -0.480 e. The summed E-state index contributed by atoms with van der Waals surface area (Å²) in [7, 11) is 3.39. The van der Waals surface area contributed by atoms with Gasteiger partial charge in [-0.2, -0.15) is 0 Å². The lowest BCUT2D eigenvalue weighted by Gasteiger charge is -2.25. The Morgan fingerprint density at radius 2 is 2.33 bits per heavy atom. The van der Waals surface area contributed by atoms with E-state index in [1.165, 1.54) is 10.4 Å². The third-order valence-corrected chi connectivity index (χ3v) is 5.02. The molecule has 0 bridgehead atoms. The molecule has 1 aromatic rings. The van der Waals surface area contributed by atoms with Crippen LogP contribution in [-0.4, -0.2) is 25.2 Å². The average molecular weight is 269 g/mol. The van der Waals surface area contributed by atoms with E-state index in [1.54, 1.807) is 25.5 Å². The van der Waals surface area contributed by atoms with Gasteiger partial charge in [0.1, 0.15) is 6.04 Å². The van der Waals surface area contributed by atoms with Crippen molar-refractivity contribution >= 4 is 17.3 Å². The molecule has 4 nitrogen and oxygen atoms in total. The number of hydrogen-bond acceptors (Lipinski definition) is 4.